The fourth-order valence-electron chi connectivity index (χ4n) is 2.64. The lowest BCUT2D eigenvalue weighted by Gasteiger charge is -2.20. The summed E-state index contributed by atoms with van der Waals surface area (Å²) in [6, 6.07) is 6.85. The number of aliphatic hydroxyl groups is 1. The molecule has 1 aromatic rings. The Bertz CT molecular complexity index is 659. The topological polar surface area (TPSA) is 105 Å². The lowest BCUT2D eigenvalue weighted by atomic mass is 10.0. The first-order valence-corrected chi connectivity index (χ1v) is 9.86. The number of amides is 1. The minimum atomic E-state index is -3.82. The maximum atomic E-state index is 12.4. The molecule has 7 nitrogen and oxygen atoms in total. The van der Waals surface area contributed by atoms with Crippen molar-refractivity contribution in [3.05, 3.63) is 30.3 Å². The van der Waals surface area contributed by atoms with Gasteiger partial charge in [0.25, 0.3) is 0 Å². The van der Waals surface area contributed by atoms with Gasteiger partial charge in [0.05, 0.1) is 4.90 Å². The van der Waals surface area contributed by atoms with Gasteiger partial charge in [0.15, 0.2) is 0 Å². The molecule has 1 fully saturated rings. The van der Waals surface area contributed by atoms with Gasteiger partial charge >= 0.3 is 0 Å². The van der Waals surface area contributed by atoms with E-state index in [-0.39, 0.29) is 23.3 Å². The molecule has 8 heteroatoms. The number of ether oxygens (including phenoxy) is 1. The van der Waals surface area contributed by atoms with Gasteiger partial charge in [-0.15, -0.1) is 0 Å². The van der Waals surface area contributed by atoms with E-state index in [1.54, 1.807) is 25.3 Å². The number of rotatable bonds is 11. The van der Waals surface area contributed by atoms with Crippen LogP contribution in [-0.2, 0) is 19.6 Å². The van der Waals surface area contributed by atoms with Crippen molar-refractivity contribution in [2.45, 2.75) is 36.6 Å². The number of sulfonamides is 1. The highest BCUT2D eigenvalue weighted by molar-refractivity contribution is 7.89. The summed E-state index contributed by atoms with van der Waals surface area (Å²) in [6.07, 6.45) is 2.93. The molecule has 0 spiro atoms. The summed E-state index contributed by atoms with van der Waals surface area (Å²) in [5.74, 6) is -0.419. The van der Waals surface area contributed by atoms with Gasteiger partial charge in [0.2, 0.25) is 15.9 Å². The monoisotopic (exact) mass is 370 g/mol. The molecule has 140 valence electrons. The first kappa shape index (κ1) is 19.8. The molecule has 0 unspecified atom stereocenters. The lowest BCUT2D eigenvalue weighted by molar-refractivity contribution is -0.123. The number of carbonyl (C=O) groups excluding carboxylic acids is 1. The van der Waals surface area contributed by atoms with Gasteiger partial charge in [0.1, 0.15) is 6.04 Å². The first-order valence-electron chi connectivity index (χ1n) is 8.37. The number of aliphatic hydroxyl groups excluding tert-OH is 1. The van der Waals surface area contributed by atoms with Crippen molar-refractivity contribution in [1.82, 2.24) is 10.0 Å². The lowest BCUT2D eigenvalue weighted by Crippen LogP contribution is -2.48. The Morgan fingerprint density at radius 1 is 1.32 bits per heavy atom. The van der Waals surface area contributed by atoms with Gasteiger partial charge in [0, 0.05) is 26.9 Å². The summed E-state index contributed by atoms with van der Waals surface area (Å²) in [6.45, 7) is 0.838. The van der Waals surface area contributed by atoms with Crippen LogP contribution in [0, 0.1) is 5.41 Å². The molecule has 1 aliphatic carbocycles. The summed E-state index contributed by atoms with van der Waals surface area (Å²) in [5, 5.41) is 12.0. The molecule has 0 radical (unpaired) electrons. The van der Waals surface area contributed by atoms with Crippen LogP contribution in [0.3, 0.4) is 0 Å². The molecule has 1 amide bonds. The van der Waals surface area contributed by atoms with Crippen LogP contribution in [0.4, 0.5) is 0 Å². The van der Waals surface area contributed by atoms with Gasteiger partial charge in [-0.05, 0) is 43.2 Å². The van der Waals surface area contributed by atoms with E-state index in [9.17, 15) is 18.3 Å². The number of nitrogens with one attached hydrogen (secondary N) is 2. The van der Waals surface area contributed by atoms with E-state index < -0.39 is 22.0 Å². The van der Waals surface area contributed by atoms with E-state index in [1.165, 1.54) is 12.1 Å². The summed E-state index contributed by atoms with van der Waals surface area (Å²) in [5.41, 5.74) is 0.0632. The second-order valence-corrected chi connectivity index (χ2v) is 8.17. The molecule has 0 aliphatic heterocycles. The predicted molar refractivity (Wildman–Crippen MR) is 93.4 cm³/mol. The molecule has 0 aromatic heterocycles. The average molecular weight is 370 g/mol. The zero-order chi connectivity index (χ0) is 18.3. The summed E-state index contributed by atoms with van der Waals surface area (Å²) in [4.78, 5) is 12.5. The van der Waals surface area contributed by atoms with Crippen LogP contribution >= 0.6 is 0 Å². The summed E-state index contributed by atoms with van der Waals surface area (Å²) in [7, 11) is -2.18. The zero-order valence-electron chi connectivity index (χ0n) is 14.4. The molecule has 0 heterocycles. The molecule has 0 saturated heterocycles. The minimum Gasteiger partial charge on any atom is -0.396 e. The second kappa shape index (κ2) is 8.75. The highest BCUT2D eigenvalue weighted by Gasteiger charge is 2.42. The molecular weight excluding hydrogens is 344 g/mol. The molecule has 1 aliphatic rings. The standard InChI is InChI=1S/C17H26N2O5S/c1-24-12-10-17(8-9-17)13-18-16(21)15(7-11-20)19-25(22,23)14-5-3-2-4-6-14/h2-6,15,19-20H,7-13H2,1H3,(H,18,21)/t15-/m0/s1. The van der Waals surface area contributed by atoms with Gasteiger partial charge < -0.3 is 15.2 Å². The Morgan fingerprint density at radius 2 is 2.00 bits per heavy atom. The van der Waals surface area contributed by atoms with Crippen LogP contribution in [0.5, 0.6) is 0 Å². The van der Waals surface area contributed by atoms with E-state index >= 15 is 0 Å². The predicted octanol–water partition coefficient (Wildman–Crippen LogP) is 0.649. The SMILES string of the molecule is COCCC1(CNC(=O)[C@H](CCO)NS(=O)(=O)c2ccccc2)CC1. The fourth-order valence-corrected chi connectivity index (χ4v) is 3.89. The average Bonchev–Trinajstić information content (AvgIpc) is 3.38. The van der Waals surface area contributed by atoms with Gasteiger partial charge in [-0.3, -0.25) is 4.79 Å². The highest BCUT2D eigenvalue weighted by atomic mass is 32.2. The van der Waals surface area contributed by atoms with E-state index in [1.807, 2.05) is 0 Å². The van der Waals surface area contributed by atoms with Crippen molar-refractivity contribution >= 4 is 15.9 Å². The number of hydrogen-bond donors (Lipinski definition) is 3. The fraction of sp³-hybridized carbons (Fsp3) is 0.588. The Balaban J connectivity index is 1.96. The van der Waals surface area contributed by atoms with E-state index in [2.05, 4.69) is 10.0 Å². The second-order valence-electron chi connectivity index (χ2n) is 6.46. The first-order chi connectivity index (χ1) is 11.9. The Hall–Kier alpha value is -1.48. The normalized spacial score (nSPS) is 17.0. The van der Waals surface area contributed by atoms with Crippen molar-refractivity contribution in [2.75, 3.05) is 26.9 Å². The molecule has 2 rings (SSSR count). The number of methoxy groups -OCH3 is 1. The minimum absolute atomic E-state index is 0.0168. The van der Waals surface area contributed by atoms with Gasteiger partial charge in [-0.2, -0.15) is 4.72 Å². The van der Waals surface area contributed by atoms with Crippen molar-refractivity contribution in [1.29, 1.82) is 0 Å². The number of carbonyl (C=O) groups is 1. The Labute approximate surface area is 148 Å². The Kier molecular flexibility index (Phi) is 6.95. The molecular formula is C17H26N2O5S. The molecule has 1 saturated carbocycles. The smallest absolute Gasteiger partial charge is 0.241 e. The van der Waals surface area contributed by atoms with Crippen LogP contribution in [0.15, 0.2) is 35.2 Å². The van der Waals surface area contributed by atoms with Crippen LogP contribution in [0.2, 0.25) is 0 Å². The molecule has 1 aromatic carbocycles. The van der Waals surface area contributed by atoms with Gasteiger partial charge in [-0.25, -0.2) is 8.42 Å². The van der Waals surface area contributed by atoms with Crippen molar-refractivity contribution in [3.8, 4) is 0 Å². The zero-order valence-corrected chi connectivity index (χ0v) is 15.2. The quantitative estimate of drug-likeness (QED) is 0.530. The number of hydrogen-bond acceptors (Lipinski definition) is 5. The van der Waals surface area contributed by atoms with Crippen molar-refractivity contribution < 1.29 is 23.1 Å². The summed E-state index contributed by atoms with van der Waals surface area (Å²) >= 11 is 0. The van der Waals surface area contributed by atoms with Crippen LogP contribution < -0.4 is 10.0 Å². The van der Waals surface area contributed by atoms with Crippen molar-refractivity contribution in [2.24, 2.45) is 5.41 Å². The third-order valence-corrected chi connectivity index (χ3v) is 6.00. The van der Waals surface area contributed by atoms with Crippen LogP contribution in [-0.4, -0.2) is 52.3 Å². The van der Waals surface area contributed by atoms with Crippen LogP contribution in [0.1, 0.15) is 25.7 Å². The third-order valence-electron chi connectivity index (χ3n) is 4.52. The largest absolute Gasteiger partial charge is 0.396 e. The van der Waals surface area contributed by atoms with Crippen molar-refractivity contribution in [3.63, 3.8) is 0 Å². The molecule has 0 bridgehead atoms. The van der Waals surface area contributed by atoms with Gasteiger partial charge in [-0.1, -0.05) is 18.2 Å². The van der Waals surface area contributed by atoms with E-state index in [0.717, 1.165) is 19.3 Å². The maximum Gasteiger partial charge on any atom is 0.241 e. The highest BCUT2D eigenvalue weighted by Crippen LogP contribution is 2.48. The molecule has 1 atom stereocenters. The van der Waals surface area contributed by atoms with Crippen LogP contribution in [0.25, 0.3) is 0 Å². The summed E-state index contributed by atoms with van der Waals surface area (Å²) < 4.78 is 32.2. The molecule has 3 N–H and O–H groups in total. The molecule has 25 heavy (non-hydrogen) atoms. The number of benzene rings is 1. The Morgan fingerprint density at radius 3 is 2.56 bits per heavy atom. The van der Waals surface area contributed by atoms with E-state index in [0.29, 0.717) is 13.2 Å². The van der Waals surface area contributed by atoms with E-state index in [4.69, 9.17) is 4.74 Å². The third kappa shape index (κ3) is 5.78. The maximum absolute atomic E-state index is 12.4.